The van der Waals surface area contributed by atoms with Crippen molar-refractivity contribution in [2.24, 2.45) is 0 Å². The van der Waals surface area contributed by atoms with Crippen molar-refractivity contribution in [3.63, 3.8) is 0 Å². The highest BCUT2D eigenvalue weighted by atomic mass is 16.2. The quantitative estimate of drug-likeness (QED) is 0.767. The molecule has 96 valence electrons. The van der Waals surface area contributed by atoms with Crippen LogP contribution in [0.5, 0.6) is 0 Å². The fourth-order valence-corrected chi connectivity index (χ4v) is 1.64. The molecule has 1 N–H and O–H groups in total. The lowest BCUT2D eigenvalue weighted by Gasteiger charge is -2.20. The van der Waals surface area contributed by atoms with E-state index in [2.05, 4.69) is 18.5 Å². The Morgan fingerprint density at radius 3 is 2.44 bits per heavy atom. The van der Waals surface area contributed by atoms with Gasteiger partial charge >= 0.3 is 6.03 Å². The predicted octanol–water partition coefficient (Wildman–Crippen LogP) is 2.88. The first-order chi connectivity index (χ1) is 8.69. The number of benzene rings is 1. The van der Waals surface area contributed by atoms with E-state index in [4.69, 9.17) is 0 Å². The molecule has 0 bridgehead atoms. The Kier molecular flexibility index (Phi) is 5.71. The van der Waals surface area contributed by atoms with Crippen LogP contribution in [0.25, 0.3) is 0 Å². The molecule has 0 fully saturated rings. The molecule has 3 nitrogen and oxygen atoms in total. The second kappa shape index (κ2) is 7.33. The van der Waals surface area contributed by atoms with Crippen molar-refractivity contribution < 1.29 is 4.79 Å². The number of rotatable bonds is 6. The second-order valence-corrected chi connectivity index (χ2v) is 4.07. The van der Waals surface area contributed by atoms with Crippen LogP contribution in [0.3, 0.4) is 0 Å². The van der Waals surface area contributed by atoms with E-state index in [1.54, 1.807) is 17.1 Å². The summed E-state index contributed by atoms with van der Waals surface area (Å²) in [5, 5.41) is 2.90. The molecule has 1 aromatic rings. The van der Waals surface area contributed by atoms with Gasteiger partial charge in [-0.05, 0) is 18.1 Å². The summed E-state index contributed by atoms with van der Waals surface area (Å²) < 4.78 is 0. The molecule has 0 unspecified atom stereocenters. The molecule has 3 heteroatoms. The number of nitrogens with one attached hydrogen (secondary N) is 1. The Morgan fingerprint density at radius 2 is 1.89 bits per heavy atom. The second-order valence-electron chi connectivity index (χ2n) is 4.07. The predicted molar refractivity (Wildman–Crippen MR) is 75.4 cm³/mol. The molecule has 0 atom stereocenters. The Hall–Kier alpha value is -2.03. The van der Waals surface area contributed by atoms with Crippen LogP contribution in [0.2, 0.25) is 0 Å². The number of amides is 2. The van der Waals surface area contributed by atoms with Crippen molar-refractivity contribution in [2.75, 3.05) is 13.1 Å². The summed E-state index contributed by atoms with van der Waals surface area (Å²) in [7, 11) is 0. The van der Waals surface area contributed by atoms with E-state index in [0.29, 0.717) is 19.6 Å². The molecule has 0 aliphatic rings. The van der Waals surface area contributed by atoms with Gasteiger partial charge in [-0.1, -0.05) is 36.4 Å². The molecule has 0 spiro atoms. The summed E-state index contributed by atoms with van der Waals surface area (Å²) in [6.45, 7) is 10.9. The third kappa shape index (κ3) is 4.09. The molecule has 0 aliphatic carbocycles. The maximum atomic E-state index is 11.9. The molecule has 0 saturated carbocycles. The van der Waals surface area contributed by atoms with Gasteiger partial charge in [0.2, 0.25) is 0 Å². The lowest BCUT2D eigenvalue weighted by atomic mass is 10.1. The van der Waals surface area contributed by atoms with E-state index in [1.807, 2.05) is 31.2 Å². The van der Waals surface area contributed by atoms with Gasteiger partial charge in [-0.15, -0.1) is 13.2 Å². The molecule has 1 aromatic carbocycles. The minimum absolute atomic E-state index is 0.0990. The summed E-state index contributed by atoms with van der Waals surface area (Å²) in [6, 6.07) is 7.91. The third-order valence-electron chi connectivity index (χ3n) is 2.68. The SMILES string of the molecule is C=CCN(CC=C)C(=O)NCc1ccccc1C. The van der Waals surface area contributed by atoms with E-state index in [1.165, 1.54) is 5.56 Å². The molecule has 1 rings (SSSR count). The van der Waals surface area contributed by atoms with Gasteiger partial charge in [0, 0.05) is 19.6 Å². The molecule has 0 heterocycles. The maximum Gasteiger partial charge on any atom is 0.318 e. The highest BCUT2D eigenvalue weighted by molar-refractivity contribution is 5.74. The molecule has 0 aliphatic heterocycles. The van der Waals surface area contributed by atoms with Crippen LogP contribution in [0.4, 0.5) is 4.79 Å². The molecule has 2 amide bonds. The van der Waals surface area contributed by atoms with Crippen molar-refractivity contribution >= 4 is 6.03 Å². The topological polar surface area (TPSA) is 32.3 Å². The third-order valence-corrected chi connectivity index (χ3v) is 2.68. The molecular formula is C15H20N2O. The first-order valence-corrected chi connectivity index (χ1v) is 5.98. The van der Waals surface area contributed by atoms with Crippen LogP contribution in [0, 0.1) is 6.92 Å². The number of nitrogens with zero attached hydrogens (tertiary/aromatic N) is 1. The number of aryl methyl sites for hydroxylation is 1. The zero-order valence-corrected chi connectivity index (χ0v) is 10.9. The Bertz CT molecular complexity index is 416. The number of hydrogen-bond acceptors (Lipinski definition) is 1. The van der Waals surface area contributed by atoms with Gasteiger partial charge in [-0.25, -0.2) is 4.79 Å². The standard InChI is InChI=1S/C15H20N2O/c1-4-10-17(11-5-2)15(18)16-12-14-9-7-6-8-13(14)3/h4-9H,1-2,10-12H2,3H3,(H,16,18). The number of urea groups is 1. The number of carbonyl (C=O) groups is 1. The van der Waals surface area contributed by atoms with Gasteiger partial charge in [0.15, 0.2) is 0 Å². The number of carbonyl (C=O) groups excluding carboxylic acids is 1. The molecule has 0 radical (unpaired) electrons. The van der Waals surface area contributed by atoms with Crippen molar-refractivity contribution in [2.45, 2.75) is 13.5 Å². The first-order valence-electron chi connectivity index (χ1n) is 5.98. The fraction of sp³-hybridized carbons (Fsp3) is 0.267. The highest BCUT2D eigenvalue weighted by Crippen LogP contribution is 2.06. The van der Waals surface area contributed by atoms with Gasteiger partial charge in [0.25, 0.3) is 0 Å². The highest BCUT2D eigenvalue weighted by Gasteiger charge is 2.09. The van der Waals surface area contributed by atoms with Crippen molar-refractivity contribution in [3.05, 3.63) is 60.7 Å². The van der Waals surface area contributed by atoms with Crippen LogP contribution in [0.1, 0.15) is 11.1 Å². The zero-order valence-electron chi connectivity index (χ0n) is 10.9. The van der Waals surface area contributed by atoms with Gasteiger partial charge < -0.3 is 10.2 Å². The Labute approximate surface area is 109 Å². The van der Waals surface area contributed by atoms with Gasteiger partial charge in [0.05, 0.1) is 0 Å². The van der Waals surface area contributed by atoms with Crippen LogP contribution in [-0.4, -0.2) is 24.0 Å². The summed E-state index contributed by atoms with van der Waals surface area (Å²) >= 11 is 0. The molecule has 18 heavy (non-hydrogen) atoms. The lowest BCUT2D eigenvalue weighted by molar-refractivity contribution is 0.208. The smallest absolute Gasteiger partial charge is 0.318 e. The van der Waals surface area contributed by atoms with E-state index < -0.39 is 0 Å². The van der Waals surface area contributed by atoms with E-state index in [-0.39, 0.29) is 6.03 Å². The molecule has 0 saturated heterocycles. The largest absolute Gasteiger partial charge is 0.334 e. The minimum atomic E-state index is -0.0990. The van der Waals surface area contributed by atoms with Gasteiger partial charge in [0.1, 0.15) is 0 Å². The van der Waals surface area contributed by atoms with E-state index in [9.17, 15) is 4.79 Å². The monoisotopic (exact) mass is 244 g/mol. The van der Waals surface area contributed by atoms with Gasteiger partial charge in [-0.3, -0.25) is 0 Å². The first kappa shape index (κ1) is 14.0. The maximum absolute atomic E-state index is 11.9. The molecular weight excluding hydrogens is 224 g/mol. The lowest BCUT2D eigenvalue weighted by Crippen LogP contribution is -2.39. The normalized spacial score (nSPS) is 9.61. The average Bonchev–Trinajstić information content (AvgIpc) is 2.37. The Morgan fingerprint density at radius 1 is 1.28 bits per heavy atom. The summed E-state index contributed by atoms with van der Waals surface area (Å²) in [4.78, 5) is 13.6. The Balaban J connectivity index is 2.56. The van der Waals surface area contributed by atoms with E-state index in [0.717, 1.165) is 5.56 Å². The van der Waals surface area contributed by atoms with Gasteiger partial charge in [-0.2, -0.15) is 0 Å². The zero-order chi connectivity index (χ0) is 13.4. The van der Waals surface area contributed by atoms with Crippen molar-refractivity contribution in [3.8, 4) is 0 Å². The summed E-state index contributed by atoms with van der Waals surface area (Å²) in [5.41, 5.74) is 2.31. The van der Waals surface area contributed by atoms with Crippen molar-refractivity contribution in [1.82, 2.24) is 10.2 Å². The fourth-order valence-electron chi connectivity index (χ4n) is 1.64. The minimum Gasteiger partial charge on any atom is -0.334 e. The van der Waals surface area contributed by atoms with Crippen molar-refractivity contribution in [1.29, 1.82) is 0 Å². The van der Waals surface area contributed by atoms with Crippen LogP contribution in [-0.2, 0) is 6.54 Å². The summed E-state index contributed by atoms with van der Waals surface area (Å²) in [5.74, 6) is 0. The average molecular weight is 244 g/mol. The number of hydrogen-bond donors (Lipinski definition) is 1. The van der Waals surface area contributed by atoms with Crippen LogP contribution >= 0.6 is 0 Å². The van der Waals surface area contributed by atoms with Crippen LogP contribution < -0.4 is 5.32 Å². The van der Waals surface area contributed by atoms with E-state index >= 15 is 0 Å². The van der Waals surface area contributed by atoms with Crippen LogP contribution in [0.15, 0.2) is 49.6 Å². The summed E-state index contributed by atoms with van der Waals surface area (Å²) in [6.07, 6.45) is 3.41. The molecule has 0 aromatic heterocycles.